The first-order valence-electron chi connectivity index (χ1n) is 5.41. The second-order valence-electron chi connectivity index (χ2n) is 4.04. The van der Waals surface area contributed by atoms with Crippen molar-refractivity contribution in [2.45, 2.75) is 18.0 Å². The average Bonchev–Trinajstić information content (AvgIpc) is 2.98. The Morgan fingerprint density at radius 1 is 1.47 bits per heavy atom. The van der Waals surface area contributed by atoms with Gasteiger partial charge in [0.25, 0.3) is 0 Å². The van der Waals surface area contributed by atoms with Crippen LogP contribution in [-0.2, 0) is 23.2 Å². The topological polar surface area (TPSA) is 73.4 Å². The average molecular weight is 365 g/mol. The van der Waals surface area contributed by atoms with Crippen molar-refractivity contribution in [3.63, 3.8) is 0 Å². The van der Waals surface area contributed by atoms with E-state index in [1.54, 1.807) is 0 Å². The molecule has 0 spiro atoms. The zero-order valence-electron chi connectivity index (χ0n) is 10.1. The van der Waals surface area contributed by atoms with E-state index in [0.29, 0.717) is 12.2 Å². The van der Waals surface area contributed by atoms with Crippen molar-refractivity contribution < 1.29 is 13.5 Å². The summed E-state index contributed by atoms with van der Waals surface area (Å²) in [4.78, 5) is 2.88. The van der Waals surface area contributed by atoms with E-state index >= 15 is 0 Å². The number of hydrogen-bond acceptors (Lipinski definition) is 4. The molecule has 0 aliphatic heterocycles. The molecule has 2 N–H and O–H groups in total. The molecule has 0 aromatic carbocycles. The lowest BCUT2D eigenvalue weighted by molar-refractivity contribution is 0.277. The van der Waals surface area contributed by atoms with Gasteiger partial charge in [0.2, 0.25) is 10.0 Å². The highest BCUT2D eigenvalue weighted by atomic mass is 79.9. The fourth-order valence-electron chi connectivity index (χ4n) is 1.61. The largest absolute Gasteiger partial charge is 0.390 e. The summed E-state index contributed by atoms with van der Waals surface area (Å²) in [7, 11) is -2.00. The lowest BCUT2D eigenvalue weighted by Crippen LogP contribution is -2.25. The summed E-state index contributed by atoms with van der Waals surface area (Å²) in [5.41, 5.74) is 1.41. The van der Waals surface area contributed by atoms with Gasteiger partial charge in [-0.3, -0.25) is 0 Å². The molecule has 2 heterocycles. The van der Waals surface area contributed by atoms with E-state index in [1.165, 1.54) is 35.0 Å². The number of thiophene rings is 1. The third kappa shape index (κ3) is 3.26. The fraction of sp³-hybridized carbons (Fsp3) is 0.273. The summed E-state index contributed by atoms with van der Waals surface area (Å²) in [6.45, 7) is 0.0980. The second-order valence-corrected chi connectivity index (χ2v) is 8.37. The lowest BCUT2D eigenvalue weighted by Gasteiger charge is -2.15. The van der Waals surface area contributed by atoms with Crippen LogP contribution in [0.5, 0.6) is 0 Å². The van der Waals surface area contributed by atoms with Crippen LogP contribution in [0.25, 0.3) is 0 Å². The number of aromatic nitrogens is 1. The fourth-order valence-corrected chi connectivity index (χ4v) is 3.99. The summed E-state index contributed by atoms with van der Waals surface area (Å²) in [5.74, 6) is 0. The van der Waals surface area contributed by atoms with E-state index in [0.717, 1.165) is 9.35 Å². The van der Waals surface area contributed by atoms with E-state index in [1.807, 2.05) is 11.4 Å². The van der Waals surface area contributed by atoms with Gasteiger partial charge in [0.1, 0.15) is 0 Å². The van der Waals surface area contributed by atoms with E-state index < -0.39 is 10.0 Å². The summed E-state index contributed by atoms with van der Waals surface area (Å²) in [5, 5.41) is 10.9. The number of nitrogens with zero attached hydrogens (tertiary/aromatic N) is 1. The number of hydrogen-bond donors (Lipinski definition) is 2. The Hall–Kier alpha value is -0.670. The molecule has 0 radical (unpaired) electrons. The van der Waals surface area contributed by atoms with Crippen molar-refractivity contribution in [2.75, 3.05) is 7.05 Å². The molecule has 0 unspecified atom stereocenters. The summed E-state index contributed by atoms with van der Waals surface area (Å²) in [6.07, 6.45) is 1.39. The maximum Gasteiger partial charge on any atom is 0.244 e. The zero-order valence-corrected chi connectivity index (χ0v) is 13.3. The molecule has 0 aliphatic carbocycles. The highest BCUT2D eigenvalue weighted by molar-refractivity contribution is 9.11. The number of aliphatic hydroxyl groups is 1. The summed E-state index contributed by atoms with van der Waals surface area (Å²) in [6, 6.07) is 3.34. The quantitative estimate of drug-likeness (QED) is 0.853. The van der Waals surface area contributed by atoms with Crippen molar-refractivity contribution in [1.82, 2.24) is 9.29 Å². The minimum atomic E-state index is -3.54. The normalized spacial score (nSPS) is 12.2. The maximum absolute atomic E-state index is 12.3. The second kappa shape index (κ2) is 5.76. The third-order valence-electron chi connectivity index (χ3n) is 2.62. The van der Waals surface area contributed by atoms with Crippen LogP contribution in [-0.4, -0.2) is 29.9 Å². The number of rotatable bonds is 5. The van der Waals surface area contributed by atoms with Crippen LogP contribution in [0, 0.1) is 0 Å². The molecular weight excluding hydrogens is 352 g/mol. The highest BCUT2D eigenvalue weighted by Crippen LogP contribution is 2.23. The van der Waals surface area contributed by atoms with Crippen LogP contribution in [0.2, 0.25) is 0 Å². The predicted molar refractivity (Wildman–Crippen MR) is 77.4 cm³/mol. The van der Waals surface area contributed by atoms with Gasteiger partial charge in [-0.25, -0.2) is 8.42 Å². The van der Waals surface area contributed by atoms with Gasteiger partial charge in [-0.05, 0) is 39.0 Å². The Balaban J connectivity index is 2.19. The van der Waals surface area contributed by atoms with Crippen molar-refractivity contribution in [1.29, 1.82) is 0 Å². The smallest absolute Gasteiger partial charge is 0.244 e. The molecule has 0 saturated heterocycles. The molecule has 104 valence electrons. The van der Waals surface area contributed by atoms with Gasteiger partial charge in [-0.2, -0.15) is 4.31 Å². The summed E-state index contributed by atoms with van der Waals surface area (Å²) >= 11 is 4.86. The van der Waals surface area contributed by atoms with Crippen molar-refractivity contribution in [3.8, 4) is 0 Å². The van der Waals surface area contributed by atoms with E-state index in [9.17, 15) is 8.42 Å². The van der Waals surface area contributed by atoms with E-state index in [4.69, 9.17) is 5.11 Å². The first-order valence-corrected chi connectivity index (χ1v) is 8.52. The highest BCUT2D eigenvalue weighted by Gasteiger charge is 2.22. The van der Waals surface area contributed by atoms with Crippen LogP contribution < -0.4 is 0 Å². The van der Waals surface area contributed by atoms with Crippen LogP contribution in [0.1, 0.15) is 11.3 Å². The molecule has 2 aromatic rings. The van der Waals surface area contributed by atoms with Crippen molar-refractivity contribution >= 4 is 37.3 Å². The van der Waals surface area contributed by atoms with Gasteiger partial charge >= 0.3 is 0 Å². The molecule has 2 rings (SSSR count). The number of halogens is 1. The van der Waals surface area contributed by atoms with Gasteiger partial charge < -0.3 is 10.1 Å². The molecule has 0 aliphatic rings. The summed E-state index contributed by atoms with van der Waals surface area (Å²) < 4.78 is 26.8. The number of aromatic amines is 1. The maximum atomic E-state index is 12.3. The Bertz CT molecular complexity index is 663. The Labute approximate surface area is 124 Å². The monoisotopic (exact) mass is 364 g/mol. The molecule has 0 bridgehead atoms. The zero-order chi connectivity index (χ0) is 14.0. The molecule has 0 atom stereocenters. The molecule has 0 saturated carbocycles. The Morgan fingerprint density at radius 3 is 2.74 bits per heavy atom. The first-order chi connectivity index (χ1) is 8.93. The van der Waals surface area contributed by atoms with Crippen LogP contribution in [0.4, 0.5) is 0 Å². The molecule has 19 heavy (non-hydrogen) atoms. The number of aliphatic hydroxyl groups excluding tert-OH is 1. The van der Waals surface area contributed by atoms with E-state index in [-0.39, 0.29) is 11.5 Å². The minimum absolute atomic E-state index is 0.161. The number of sulfonamides is 1. The molecule has 2 aromatic heterocycles. The van der Waals surface area contributed by atoms with Gasteiger partial charge in [-0.15, -0.1) is 11.3 Å². The van der Waals surface area contributed by atoms with Gasteiger partial charge in [0, 0.05) is 25.5 Å². The first kappa shape index (κ1) is 14.7. The van der Waals surface area contributed by atoms with Crippen LogP contribution >= 0.6 is 27.3 Å². The molecule has 0 fully saturated rings. The van der Waals surface area contributed by atoms with Crippen LogP contribution in [0.15, 0.2) is 32.4 Å². The van der Waals surface area contributed by atoms with Gasteiger partial charge in [-0.1, -0.05) is 0 Å². The van der Waals surface area contributed by atoms with E-state index in [2.05, 4.69) is 20.9 Å². The van der Waals surface area contributed by atoms with Crippen molar-refractivity contribution in [3.05, 3.63) is 38.8 Å². The molecular formula is C11H13BrN2O3S2. The van der Waals surface area contributed by atoms with Crippen LogP contribution in [0.3, 0.4) is 0 Å². The molecule has 5 nitrogen and oxygen atoms in total. The lowest BCUT2D eigenvalue weighted by atomic mass is 10.3. The molecule has 0 amide bonds. The standard InChI is InChI=1S/C11H13BrN2O3S2/c1-14(5-8-2-11(12)18-7-8)19(16,17)10-3-9(6-15)13-4-10/h2-4,7,13,15H,5-6H2,1H3. The van der Waals surface area contributed by atoms with Gasteiger partial charge in [0.05, 0.1) is 15.3 Å². The Kier molecular flexibility index (Phi) is 4.46. The van der Waals surface area contributed by atoms with Crippen molar-refractivity contribution in [2.24, 2.45) is 0 Å². The predicted octanol–water partition coefficient (Wildman–Crippen LogP) is 2.15. The minimum Gasteiger partial charge on any atom is -0.390 e. The van der Waals surface area contributed by atoms with Gasteiger partial charge in [0.15, 0.2) is 0 Å². The number of nitrogens with one attached hydrogen (secondary N) is 1. The molecule has 8 heteroatoms. The number of H-pyrrole nitrogens is 1. The SMILES string of the molecule is CN(Cc1csc(Br)c1)S(=O)(=O)c1c[nH]c(CO)c1. The third-order valence-corrected chi connectivity index (χ3v) is 5.96. The Morgan fingerprint density at radius 2 is 2.21 bits per heavy atom.